The number of carboxylic acid groups (broad SMARTS) is 1. The van der Waals surface area contributed by atoms with E-state index in [0.717, 1.165) is 19.3 Å². The number of hydrogen-bond donors (Lipinski definition) is 4. The number of carbonyl (C=O) groups is 1. The molecule has 0 saturated heterocycles. The summed E-state index contributed by atoms with van der Waals surface area (Å²) in [5, 5.41) is 29.6. The van der Waals surface area contributed by atoms with Crippen molar-refractivity contribution in [2.24, 2.45) is 0 Å². The van der Waals surface area contributed by atoms with E-state index in [0.29, 0.717) is 6.42 Å². The molecule has 0 rings (SSSR count). The van der Waals surface area contributed by atoms with Crippen molar-refractivity contribution in [3.8, 4) is 0 Å². The zero-order valence-electron chi connectivity index (χ0n) is 7.10. The van der Waals surface area contributed by atoms with Gasteiger partial charge >= 0.3 is 13.3 Å². The predicted octanol–water partition coefficient (Wildman–Crippen LogP) is -0.400. The Labute approximate surface area is 71.8 Å². The van der Waals surface area contributed by atoms with Gasteiger partial charge in [0.2, 0.25) is 0 Å². The van der Waals surface area contributed by atoms with E-state index in [1.807, 2.05) is 0 Å². The highest BCUT2D eigenvalue weighted by molar-refractivity contribution is 6.30. The van der Waals surface area contributed by atoms with Crippen LogP contribution in [0.5, 0.6) is 0 Å². The van der Waals surface area contributed by atoms with Gasteiger partial charge in [0.05, 0.1) is 0 Å². The van der Waals surface area contributed by atoms with Crippen LogP contribution < -0.4 is 0 Å². The van der Waals surface area contributed by atoms with Crippen molar-refractivity contribution >= 4 is 13.3 Å². The van der Waals surface area contributed by atoms with Crippen LogP contribution in [0, 0.1) is 0 Å². The number of hydrogen-bond acceptors (Lipinski definition) is 4. The second-order valence-electron chi connectivity index (χ2n) is 2.20. The minimum Gasteiger partial charge on any atom is -0.481 e. The second-order valence-corrected chi connectivity index (χ2v) is 2.20. The number of unbranched alkanes of at least 4 members (excludes halogenated alkanes) is 2. The van der Waals surface area contributed by atoms with Crippen LogP contribution in [0.4, 0.5) is 0 Å². The zero-order valence-corrected chi connectivity index (χ0v) is 7.10. The molecule has 0 atom stereocenters. The van der Waals surface area contributed by atoms with Gasteiger partial charge in [-0.1, -0.05) is 19.8 Å². The van der Waals surface area contributed by atoms with Crippen LogP contribution in [-0.2, 0) is 4.79 Å². The summed E-state index contributed by atoms with van der Waals surface area (Å²) in [6.45, 7) is 2.06. The van der Waals surface area contributed by atoms with Crippen LogP contribution in [0.2, 0.25) is 0 Å². The molecule has 12 heavy (non-hydrogen) atoms. The van der Waals surface area contributed by atoms with Crippen molar-refractivity contribution < 1.29 is 25.0 Å². The Bertz CT molecular complexity index is 103. The van der Waals surface area contributed by atoms with Crippen molar-refractivity contribution in [3.63, 3.8) is 0 Å². The van der Waals surface area contributed by atoms with E-state index in [1.54, 1.807) is 0 Å². The Morgan fingerprint density at radius 3 is 1.92 bits per heavy atom. The first-order chi connectivity index (χ1) is 5.50. The van der Waals surface area contributed by atoms with E-state index >= 15 is 0 Å². The molecule has 0 aliphatic carbocycles. The summed E-state index contributed by atoms with van der Waals surface area (Å²) in [6, 6.07) is 0. The first-order valence-corrected chi connectivity index (χ1v) is 3.76. The minimum atomic E-state index is -2.17. The first-order valence-electron chi connectivity index (χ1n) is 3.76. The number of rotatable bonds is 4. The number of aliphatic carboxylic acids is 1. The van der Waals surface area contributed by atoms with Gasteiger partial charge in [-0.2, -0.15) is 0 Å². The van der Waals surface area contributed by atoms with Crippen molar-refractivity contribution in [3.05, 3.63) is 0 Å². The van der Waals surface area contributed by atoms with Gasteiger partial charge in [0.15, 0.2) is 0 Å². The largest absolute Gasteiger partial charge is 0.631 e. The molecule has 0 amide bonds. The summed E-state index contributed by atoms with van der Waals surface area (Å²) >= 11 is 0. The highest BCUT2D eigenvalue weighted by atomic mass is 16.5. The van der Waals surface area contributed by atoms with Gasteiger partial charge < -0.3 is 20.2 Å². The molecule has 0 aromatic rings. The summed E-state index contributed by atoms with van der Waals surface area (Å²) in [7, 11) is -2.17. The van der Waals surface area contributed by atoms with Crippen molar-refractivity contribution in [1.82, 2.24) is 0 Å². The average molecular weight is 178 g/mol. The third-order valence-corrected chi connectivity index (χ3v) is 0.994. The van der Waals surface area contributed by atoms with Crippen LogP contribution >= 0.6 is 0 Å². The Balaban J connectivity index is 0. The minimum absolute atomic E-state index is 0.327. The maximum Gasteiger partial charge on any atom is 0.631 e. The molecule has 0 aliphatic heterocycles. The topological polar surface area (TPSA) is 98.0 Å². The molecule has 5 nitrogen and oxygen atoms in total. The van der Waals surface area contributed by atoms with Crippen molar-refractivity contribution in [1.29, 1.82) is 0 Å². The molecule has 0 unspecified atom stereocenters. The first kappa shape index (κ1) is 14.0. The molecule has 0 aliphatic rings. The van der Waals surface area contributed by atoms with E-state index in [-0.39, 0.29) is 0 Å². The fourth-order valence-corrected chi connectivity index (χ4v) is 0.526. The molecule has 0 fully saturated rings. The molecular formula is C6H15BO5. The molecule has 0 aromatic carbocycles. The second kappa shape index (κ2) is 10.4. The zero-order chi connectivity index (χ0) is 9.98. The molecule has 0 saturated carbocycles. The SMILES string of the molecule is CCCCCC(=O)O.OB(O)O. The Morgan fingerprint density at radius 1 is 1.25 bits per heavy atom. The Kier molecular flexibility index (Phi) is 12.1. The van der Waals surface area contributed by atoms with Crippen molar-refractivity contribution in [2.45, 2.75) is 32.6 Å². The summed E-state index contributed by atoms with van der Waals surface area (Å²) < 4.78 is 0. The monoisotopic (exact) mass is 178 g/mol. The van der Waals surface area contributed by atoms with Crippen LogP contribution in [-0.4, -0.2) is 33.5 Å². The third-order valence-electron chi connectivity index (χ3n) is 0.994. The smallest absolute Gasteiger partial charge is 0.481 e. The van der Waals surface area contributed by atoms with Gasteiger partial charge in [-0.15, -0.1) is 0 Å². The van der Waals surface area contributed by atoms with E-state index in [1.165, 1.54) is 0 Å². The van der Waals surface area contributed by atoms with E-state index in [9.17, 15) is 4.79 Å². The predicted molar refractivity (Wildman–Crippen MR) is 44.2 cm³/mol. The summed E-state index contributed by atoms with van der Waals surface area (Å²) in [5.41, 5.74) is 0. The maximum atomic E-state index is 9.87. The molecule has 0 heterocycles. The van der Waals surface area contributed by atoms with Gasteiger partial charge in [-0.25, -0.2) is 0 Å². The van der Waals surface area contributed by atoms with Crippen LogP contribution in [0.1, 0.15) is 32.6 Å². The fourth-order valence-electron chi connectivity index (χ4n) is 0.526. The quantitative estimate of drug-likeness (QED) is 0.346. The number of carboxylic acids is 1. The molecule has 0 radical (unpaired) electrons. The van der Waals surface area contributed by atoms with Crippen LogP contribution in [0.3, 0.4) is 0 Å². The van der Waals surface area contributed by atoms with E-state index < -0.39 is 13.3 Å². The van der Waals surface area contributed by atoms with Crippen LogP contribution in [0.25, 0.3) is 0 Å². The summed E-state index contributed by atoms with van der Waals surface area (Å²) in [5.74, 6) is -0.682. The van der Waals surface area contributed by atoms with Gasteiger partial charge in [0.1, 0.15) is 0 Å². The van der Waals surface area contributed by atoms with Gasteiger partial charge in [0.25, 0.3) is 0 Å². The van der Waals surface area contributed by atoms with E-state index in [2.05, 4.69) is 6.92 Å². The molecular weight excluding hydrogens is 163 g/mol. The summed E-state index contributed by atoms with van der Waals surface area (Å²) in [6.07, 6.45) is 3.28. The van der Waals surface area contributed by atoms with Crippen LogP contribution in [0.15, 0.2) is 0 Å². The van der Waals surface area contributed by atoms with Crippen molar-refractivity contribution in [2.75, 3.05) is 0 Å². The summed E-state index contributed by atoms with van der Waals surface area (Å²) in [4.78, 5) is 9.87. The fraction of sp³-hybridized carbons (Fsp3) is 0.833. The lowest BCUT2D eigenvalue weighted by Crippen LogP contribution is -2.07. The normalized spacial score (nSPS) is 8.33. The molecule has 4 N–H and O–H groups in total. The van der Waals surface area contributed by atoms with Gasteiger partial charge in [0, 0.05) is 6.42 Å². The Morgan fingerprint density at radius 2 is 1.67 bits per heavy atom. The lowest BCUT2D eigenvalue weighted by Gasteiger charge is -1.89. The molecule has 72 valence electrons. The average Bonchev–Trinajstić information content (AvgIpc) is 1.86. The van der Waals surface area contributed by atoms with E-state index in [4.69, 9.17) is 20.2 Å². The van der Waals surface area contributed by atoms with Gasteiger partial charge in [-0.3, -0.25) is 4.79 Å². The molecule has 6 heteroatoms. The standard InChI is InChI=1S/C6H12O2.BH3O3/c1-2-3-4-5-6(7)8;2-1(3)4/h2-5H2,1H3,(H,7,8);2-4H. The lowest BCUT2D eigenvalue weighted by molar-refractivity contribution is -0.137. The highest BCUT2D eigenvalue weighted by Crippen LogP contribution is 1.97. The molecule has 0 bridgehead atoms. The lowest BCUT2D eigenvalue weighted by atomic mass is 10.2. The molecule has 0 aromatic heterocycles. The Hall–Kier alpha value is -0.585. The highest BCUT2D eigenvalue weighted by Gasteiger charge is 1.93. The van der Waals surface area contributed by atoms with Gasteiger partial charge in [-0.05, 0) is 6.42 Å². The molecule has 0 spiro atoms. The third kappa shape index (κ3) is 34.2. The maximum absolute atomic E-state index is 9.87.